The Balaban J connectivity index is 2.95. The first kappa shape index (κ1) is 19.2. The molecule has 1 aliphatic rings. The van der Waals surface area contributed by atoms with Crippen LogP contribution in [0.3, 0.4) is 0 Å². The second kappa shape index (κ2) is 8.69. The summed E-state index contributed by atoms with van der Waals surface area (Å²) in [6, 6.07) is 0. The van der Waals surface area contributed by atoms with E-state index in [9.17, 15) is 10.2 Å². The van der Waals surface area contributed by atoms with Crippen molar-refractivity contribution in [3.63, 3.8) is 0 Å². The molecule has 3 atom stereocenters. The molecule has 0 radical (unpaired) electrons. The summed E-state index contributed by atoms with van der Waals surface area (Å²) in [6.45, 7) is 10.5. The van der Waals surface area contributed by atoms with Crippen molar-refractivity contribution in [2.24, 2.45) is 11.8 Å². The van der Waals surface area contributed by atoms with Gasteiger partial charge in [0.1, 0.15) is 0 Å². The van der Waals surface area contributed by atoms with E-state index in [1.807, 2.05) is 19.1 Å². The second-order valence-electron chi connectivity index (χ2n) is 7.54. The monoisotopic (exact) mass is 306 g/mol. The Morgan fingerprint density at radius 1 is 1.23 bits per heavy atom. The van der Waals surface area contributed by atoms with E-state index in [-0.39, 0.29) is 0 Å². The maximum absolute atomic E-state index is 10.5. The molecule has 0 aromatic rings. The van der Waals surface area contributed by atoms with Gasteiger partial charge in [0.25, 0.3) is 0 Å². The van der Waals surface area contributed by atoms with Crippen LogP contribution in [0.5, 0.6) is 0 Å². The molecule has 0 aliphatic heterocycles. The Bertz CT molecular complexity index is 427. The standard InChI is InChI=1S/C20H34O2/c1-15(2)18-9-8-17(4)14-19(21)13-16(3)7-6-11-20(5,22)12-10-18/h7,10,12,14-15,18-19,21-22H,6,8-9,11,13H2,1-5H3/b12-10+,16-7-,17-14+/t18-,19-,20-/m1/s1. The zero-order valence-corrected chi connectivity index (χ0v) is 15.0. The fourth-order valence-electron chi connectivity index (χ4n) is 2.96. The molecular weight excluding hydrogens is 272 g/mol. The van der Waals surface area contributed by atoms with Gasteiger partial charge in [-0.3, -0.25) is 0 Å². The van der Waals surface area contributed by atoms with Crippen molar-refractivity contribution in [3.05, 3.63) is 35.5 Å². The molecule has 0 aromatic carbocycles. The molecule has 126 valence electrons. The molecule has 0 amide bonds. The van der Waals surface area contributed by atoms with E-state index in [2.05, 4.69) is 39.8 Å². The van der Waals surface area contributed by atoms with Gasteiger partial charge in [0, 0.05) is 0 Å². The molecule has 2 heteroatoms. The third-order valence-electron chi connectivity index (χ3n) is 4.58. The van der Waals surface area contributed by atoms with Crippen molar-refractivity contribution < 1.29 is 10.2 Å². The van der Waals surface area contributed by atoms with Crippen molar-refractivity contribution in [1.82, 2.24) is 0 Å². The van der Waals surface area contributed by atoms with Crippen molar-refractivity contribution in [2.75, 3.05) is 0 Å². The Hall–Kier alpha value is -0.860. The Morgan fingerprint density at radius 2 is 1.91 bits per heavy atom. The Kier molecular flexibility index (Phi) is 7.58. The lowest BCUT2D eigenvalue weighted by Crippen LogP contribution is -2.21. The topological polar surface area (TPSA) is 40.5 Å². The predicted molar refractivity (Wildman–Crippen MR) is 94.7 cm³/mol. The molecule has 2 N–H and O–H groups in total. The minimum absolute atomic E-state index is 0.396. The van der Waals surface area contributed by atoms with Gasteiger partial charge >= 0.3 is 0 Å². The highest BCUT2D eigenvalue weighted by Crippen LogP contribution is 2.25. The third kappa shape index (κ3) is 7.42. The van der Waals surface area contributed by atoms with Crippen LogP contribution in [-0.2, 0) is 0 Å². The van der Waals surface area contributed by atoms with Crippen molar-refractivity contribution in [3.8, 4) is 0 Å². The Labute approximate surface area is 136 Å². The number of hydrogen-bond acceptors (Lipinski definition) is 2. The summed E-state index contributed by atoms with van der Waals surface area (Å²) in [5, 5.41) is 20.7. The molecule has 0 saturated heterocycles. The molecular formula is C20H34O2. The highest BCUT2D eigenvalue weighted by molar-refractivity contribution is 5.10. The van der Waals surface area contributed by atoms with E-state index in [4.69, 9.17) is 0 Å². The number of aliphatic hydroxyl groups excluding tert-OH is 1. The Morgan fingerprint density at radius 3 is 2.55 bits per heavy atom. The van der Waals surface area contributed by atoms with E-state index in [0.717, 1.165) is 25.7 Å². The van der Waals surface area contributed by atoms with Gasteiger partial charge in [-0.2, -0.15) is 0 Å². The first-order chi connectivity index (χ1) is 10.2. The molecule has 0 spiro atoms. The van der Waals surface area contributed by atoms with Crippen LogP contribution < -0.4 is 0 Å². The van der Waals surface area contributed by atoms with Gasteiger partial charge in [0.05, 0.1) is 11.7 Å². The van der Waals surface area contributed by atoms with E-state index in [1.54, 1.807) is 0 Å². The lowest BCUT2D eigenvalue weighted by molar-refractivity contribution is 0.102. The normalized spacial score (nSPS) is 38.5. The summed E-state index contributed by atoms with van der Waals surface area (Å²) in [6.07, 6.45) is 12.2. The van der Waals surface area contributed by atoms with E-state index in [0.29, 0.717) is 18.3 Å². The average Bonchev–Trinajstić information content (AvgIpc) is 2.36. The van der Waals surface area contributed by atoms with Crippen LogP contribution in [0.25, 0.3) is 0 Å². The minimum Gasteiger partial charge on any atom is -0.389 e. The van der Waals surface area contributed by atoms with Gasteiger partial charge < -0.3 is 10.2 Å². The summed E-state index contributed by atoms with van der Waals surface area (Å²) in [7, 11) is 0. The van der Waals surface area contributed by atoms with Crippen molar-refractivity contribution in [2.45, 2.75) is 78.4 Å². The molecule has 0 unspecified atom stereocenters. The summed E-state index contributed by atoms with van der Waals surface area (Å²) in [5.74, 6) is 1.02. The van der Waals surface area contributed by atoms with Gasteiger partial charge in [-0.1, -0.05) is 49.3 Å². The zero-order valence-electron chi connectivity index (χ0n) is 15.0. The first-order valence-electron chi connectivity index (χ1n) is 8.62. The molecule has 0 bridgehead atoms. The summed E-state index contributed by atoms with van der Waals surface area (Å²) >= 11 is 0. The van der Waals surface area contributed by atoms with Crippen LogP contribution in [-0.4, -0.2) is 21.9 Å². The number of hydrogen-bond donors (Lipinski definition) is 2. The van der Waals surface area contributed by atoms with Gasteiger partial charge in [0.2, 0.25) is 0 Å². The fraction of sp³-hybridized carbons (Fsp3) is 0.700. The molecule has 0 aromatic heterocycles. The zero-order chi connectivity index (χ0) is 16.8. The van der Waals surface area contributed by atoms with Gasteiger partial charge in [-0.25, -0.2) is 0 Å². The van der Waals surface area contributed by atoms with Crippen LogP contribution in [0, 0.1) is 11.8 Å². The highest BCUT2D eigenvalue weighted by Gasteiger charge is 2.18. The minimum atomic E-state index is -0.752. The molecule has 1 aliphatic carbocycles. The van der Waals surface area contributed by atoms with Gasteiger partial charge in [-0.05, 0) is 64.7 Å². The number of rotatable bonds is 1. The second-order valence-corrected chi connectivity index (χ2v) is 7.54. The van der Waals surface area contributed by atoms with E-state index < -0.39 is 11.7 Å². The molecule has 2 nitrogen and oxygen atoms in total. The summed E-state index contributed by atoms with van der Waals surface area (Å²) in [4.78, 5) is 0. The maximum atomic E-state index is 10.5. The number of aliphatic hydroxyl groups is 2. The largest absolute Gasteiger partial charge is 0.389 e. The van der Waals surface area contributed by atoms with E-state index >= 15 is 0 Å². The molecule has 0 saturated carbocycles. The first-order valence-corrected chi connectivity index (χ1v) is 8.62. The van der Waals surface area contributed by atoms with Crippen LogP contribution in [0.2, 0.25) is 0 Å². The molecule has 0 heterocycles. The SMILES string of the molecule is C/C1=C/CC[C@@](C)(O)/C=C/[C@H](C(C)C)CC/C(C)=C/[C@H](O)C1. The lowest BCUT2D eigenvalue weighted by atomic mass is 9.87. The summed E-state index contributed by atoms with van der Waals surface area (Å²) < 4.78 is 0. The summed E-state index contributed by atoms with van der Waals surface area (Å²) in [5.41, 5.74) is 1.69. The van der Waals surface area contributed by atoms with Crippen molar-refractivity contribution >= 4 is 0 Å². The third-order valence-corrected chi connectivity index (χ3v) is 4.58. The van der Waals surface area contributed by atoms with Crippen LogP contribution in [0.4, 0.5) is 0 Å². The fourth-order valence-corrected chi connectivity index (χ4v) is 2.96. The molecule has 0 fully saturated rings. The molecule has 22 heavy (non-hydrogen) atoms. The van der Waals surface area contributed by atoms with Gasteiger partial charge in [0.15, 0.2) is 0 Å². The average molecular weight is 306 g/mol. The van der Waals surface area contributed by atoms with E-state index in [1.165, 1.54) is 11.1 Å². The number of allylic oxidation sites excluding steroid dienone is 3. The quantitative estimate of drug-likeness (QED) is 0.684. The van der Waals surface area contributed by atoms with Crippen molar-refractivity contribution in [1.29, 1.82) is 0 Å². The van der Waals surface area contributed by atoms with Crippen LogP contribution in [0.15, 0.2) is 35.5 Å². The maximum Gasteiger partial charge on any atom is 0.0802 e. The van der Waals surface area contributed by atoms with Gasteiger partial charge in [-0.15, -0.1) is 0 Å². The lowest BCUT2D eigenvalue weighted by Gasteiger charge is -2.22. The highest BCUT2D eigenvalue weighted by atomic mass is 16.3. The smallest absolute Gasteiger partial charge is 0.0802 e. The predicted octanol–water partition coefficient (Wildman–Crippen LogP) is 4.78. The molecule has 1 rings (SSSR count). The van der Waals surface area contributed by atoms with Crippen LogP contribution in [0.1, 0.15) is 66.7 Å². The van der Waals surface area contributed by atoms with Crippen LogP contribution >= 0.6 is 0 Å².